The van der Waals surface area contributed by atoms with E-state index in [0.29, 0.717) is 12.8 Å². The highest BCUT2D eigenvalue weighted by molar-refractivity contribution is 5.71. The van der Waals surface area contributed by atoms with E-state index in [4.69, 9.17) is 14.2 Å². The second-order valence-electron chi connectivity index (χ2n) is 19.5. The van der Waals surface area contributed by atoms with Crippen LogP contribution in [0.4, 0.5) is 0 Å². The van der Waals surface area contributed by atoms with Crippen LogP contribution in [0.3, 0.4) is 0 Å². The largest absolute Gasteiger partial charge is 0.462 e. The molecule has 69 heavy (non-hydrogen) atoms. The minimum Gasteiger partial charge on any atom is -0.462 e. The standard InChI is InChI=1S/C63H110O6/c1-4-7-10-13-16-19-22-25-28-30-31-33-36-39-42-45-48-51-54-57-63(66)69-60(58-67-61(64)55-52-49-46-43-40-37-34-27-24-21-18-15-12-9-6-3)59-68-62(65)56-53-50-47-44-41-38-35-32-29-26-23-20-17-14-11-8-5-2/h16,19,25-29,31,33-34,39,42,60H,4-15,17-18,20-24,30,32,35-38,40-41,43-59H2,1-3H3/b19-16-,28-25-,29-26-,33-31-,34-27-,42-39-/t60-/m0/s1. The molecule has 6 nitrogen and oxygen atoms in total. The fourth-order valence-electron chi connectivity index (χ4n) is 8.18. The molecule has 1 atom stereocenters. The summed E-state index contributed by atoms with van der Waals surface area (Å²) in [5, 5.41) is 0. The van der Waals surface area contributed by atoms with Crippen LogP contribution in [-0.4, -0.2) is 37.2 Å². The van der Waals surface area contributed by atoms with Gasteiger partial charge in [-0.3, -0.25) is 14.4 Å². The van der Waals surface area contributed by atoms with E-state index in [1.807, 2.05) is 0 Å². The van der Waals surface area contributed by atoms with Gasteiger partial charge in [0.25, 0.3) is 0 Å². The second kappa shape index (κ2) is 57.4. The van der Waals surface area contributed by atoms with Gasteiger partial charge in [-0.1, -0.05) is 229 Å². The Hall–Kier alpha value is -3.15. The van der Waals surface area contributed by atoms with E-state index in [1.54, 1.807) is 0 Å². The van der Waals surface area contributed by atoms with E-state index in [1.165, 1.54) is 161 Å². The predicted molar refractivity (Wildman–Crippen MR) is 298 cm³/mol. The first-order valence-electron chi connectivity index (χ1n) is 29.4. The Morgan fingerprint density at radius 3 is 0.870 bits per heavy atom. The number of allylic oxidation sites excluding steroid dienone is 12. The lowest BCUT2D eigenvalue weighted by Gasteiger charge is -2.18. The van der Waals surface area contributed by atoms with Crippen LogP contribution in [0.2, 0.25) is 0 Å². The van der Waals surface area contributed by atoms with Crippen LogP contribution >= 0.6 is 0 Å². The summed E-state index contributed by atoms with van der Waals surface area (Å²) in [6.45, 7) is 6.59. The number of hydrogen-bond acceptors (Lipinski definition) is 6. The molecule has 0 spiro atoms. The van der Waals surface area contributed by atoms with Gasteiger partial charge >= 0.3 is 17.9 Å². The van der Waals surface area contributed by atoms with Gasteiger partial charge in [-0.15, -0.1) is 0 Å². The molecular formula is C63H110O6. The zero-order chi connectivity index (χ0) is 50.0. The van der Waals surface area contributed by atoms with Gasteiger partial charge in [0.15, 0.2) is 6.10 Å². The molecule has 6 heteroatoms. The Morgan fingerprint density at radius 2 is 0.522 bits per heavy atom. The van der Waals surface area contributed by atoms with Crippen molar-refractivity contribution in [1.82, 2.24) is 0 Å². The van der Waals surface area contributed by atoms with Gasteiger partial charge in [0.05, 0.1) is 0 Å². The molecule has 0 saturated carbocycles. The molecule has 0 aliphatic rings. The number of esters is 3. The zero-order valence-corrected chi connectivity index (χ0v) is 45.6. The van der Waals surface area contributed by atoms with Crippen molar-refractivity contribution < 1.29 is 28.6 Å². The van der Waals surface area contributed by atoms with Crippen molar-refractivity contribution >= 4 is 17.9 Å². The maximum Gasteiger partial charge on any atom is 0.306 e. The van der Waals surface area contributed by atoms with Crippen molar-refractivity contribution in [3.8, 4) is 0 Å². The first-order chi connectivity index (χ1) is 34.0. The maximum absolute atomic E-state index is 12.9. The number of rotatable bonds is 53. The topological polar surface area (TPSA) is 78.9 Å². The SMILES string of the molecule is CCCCC/C=C\C/C=C\C/C=C\C/C=C\CCCCCC(=O)O[C@@H](COC(=O)CCCCCCC/C=C\CCCCCCCC)COC(=O)CCCCCCCCC/C=C\CCCCCCCC. The molecule has 398 valence electrons. The van der Waals surface area contributed by atoms with Crippen LogP contribution in [0.1, 0.15) is 290 Å². The molecule has 0 N–H and O–H groups in total. The lowest BCUT2D eigenvalue weighted by molar-refractivity contribution is -0.167. The van der Waals surface area contributed by atoms with Crippen molar-refractivity contribution in [3.63, 3.8) is 0 Å². The highest BCUT2D eigenvalue weighted by Crippen LogP contribution is 2.15. The molecule has 0 heterocycles. The summed E-state index contributed by atoms with van der Waals surface area (Å²) in [5.41, 5.74) is 0. The molecule has 0 aromatic carbocycles. The van der Waals surface area contributed by atoms with Crippen molar-refractivity contribution in [2.24, 2.45) is 0 Å². The Labute approximate surface area is 427 Å². The molecule has 0 aliphatic carbocycles. The normalized spacial score (nSPS) is 12.6. The third-order valence-corrected chi connectivity index (χ3v) is 12.7. The van der Waals surface area contributed by atoms with Crippen LogP contribution in [0.15, 0.2) is 72.9 Å². The van der Waals surface area contributed by atoms with E-state index in [9.17, 15) is 14.4 Å². The zero-order valence-electron chi connectivity index (χ0n) is 45.6. The van der Waals surface area contributed by atoms with Gasteiger partial charge < -0.3 is 14.2 Å². The lowest BCUT2D eigenvalue weighted by Crippen LogP contribution is -2.30. The summed E-state index contributed by atoms with van der Waals surface area (Å²) in [6, 6.07) is 0. The van der Waals surface area contributed by atoms with Crippen molar-refractivity contribution in [1.29, 1.82) is 0 Å². The number of unbranched alkanes of at least 4 members (excludes halogenated alkanes) is 30. The average molecular weight is 964 g/mol. The summed E-state index contributed by atoms with van der Waals surface area (Å²) >= 11 is 0. The molecule has 0 aromatic rings. The van der Waals surface area contributed by atoms with Crippen molar-refractivity contribution in [2.45, 2.75) is 297 Å². The molecule has 0 unspecified atom stereocenters. The summed E-state index contributed by atoms with van der Waals surface area (Å²) in [4.78, 5) is 38.2. The number of carbonyl (C=O) groups is 3. The molecule has 0 aliphatic heterocycles. The Morgan fingerprint density at radius 1 is 0.290 bits per heavy atom. The van der Waals surface area contributed by atoms with Crippen LogP contribution in [0.5, 0.6) is 0 Å². The molecule has 0 rings (SSSR count). The van der Waals surface area contributed by atoms with Gasteiger partial charge in [-0.25, -0.2) is 0 Å². The molecule has 0 aromatic heterocycles. The van der Waals surface area contributed by atoms with E-state index in [2.05, 4.69) is 93.7 Å². The summed E-state index contributed by atoms with van der Waals surface area (Å²) < 4.78 is 16.9. The fraction of sp³-hybridized carbons (Fsp3) is 0.762. The lowest BCUT2D eigenvalue weighted by atomic mass is 10.1. The van der Waals surface area contributed by atoms with Gasteiger partial charge in [0.2, 0.25) is 0 Å². The molecular weight excluding hydrogens is 853 g/mol. The van der Waals surface area contributed by atoms with Crippen molar-refractivity contribution in [3.05, 3.63) is 72.9 Å². The second-order valence-corrected chi connectivity index (χ2v) is 19.5. The van der Waals surface area contributed by atoms with Crippen molar-refractivity contribution in [2.75, 3.05) is 13.2 Å². The monoisotopic (exact) mass is 963 g/mol. The molecule has 0 bridgehead atoms. The summed E-state index contributed by atoms with van der Waals surface area (Å²) in [5.74, 6) is -0.927. The Balaban J connectivity index is 4.46. The van der Waals surface area contributed by atoms with Gasteiger partial charge in [-0.05, 0) is 116 Å². The number of hydrogen-bond donors (Lipinski definition) is 0. The minimum atomic E-state index is -0.798. The summed E-state index contributed by atoms with van der Waals surface area (Å²) in [7, 11) is 0. The first kappa shape index (κ1) is 65.8. The molecule has 0 radical (unpaired) electrons. The van der Waals surface area contributed by atoms with Gasteiger partial charge in [0, 0.05) is 19.3 Å². The van der Waals surface area contributed by atoms with Gasteiger partial charge in [0.1, 0.15) is 13.2 Å². The highest BCUT2D eigenvalue weighted by atomic mass is 16.6. The van der Waals surface area contributed by atoms with Crippen LogP contribution in [0, 0.1) is 0 Å². The quantitative estimate of drug-likeness (QED) is 0.0262. The van der Waals surface area contributed by atoms with E-state index in [0.717, 1.165) is 89.9 Å². The summed E-state index contributed by atoms with van der Waals surface area (Å²) in [6.07, 6.45) is 73.1. The third kappa shape index (κ3) is 55.6. The molecule has 0 amide bonds. The minimum absolute atomic E-state index is 0.0925. The van der Waals surface area contributed by atoms with Gasteiger partial charge in [-0.2, -0.15) is 0 Å². The van der Waals surface area contributed by atoms with Crippen LogP contribution in [-0.2, 0) is 28.6 Å². The maximum atomic E-state index is 12.9. The van der Waals surface area contributed by atoms with Crippen LogP contribution < -0.4 is 0 Å². The van der Waals surface area contributed by atoms with E-state index < -0.39 is 6.10 Å². The third-order valence-electron chi connectivity index (χ3n) is 12.7. The van der Waals surface area contributed by atoms with Crippen LogP contribution in [0.25, 0.3) is 0 Å². The number of ether oxygens (including phenoxy) is 3. The van der Waals surface area contributed by atoms with E-state index >= 15 is 0 Å². The Kier molecular flexibility index (Phi) is 54.8. The van der Waals surface area contributed by atoms with E-state index in [-0.39, 0.29) is 37.5 Å². The Bertz CT molecular complexity index is 1290. The smallest absolute Gasteiger partial charge is 0.306 e. The molecule has 0 saturated heterocycles. The predicted octanol–water partition coefficient (Wildman–Crippen LogP) is 19.8. The fourth-order valence-corrected chi connectivity index (χ4v) is 8.18. The highest BCUT2D eigenvalue weighted by Gasteiger charge is 2.19. The average Bonchev–Trinajstić information content (AvgIpc) is 3.35. The number of carbonyl (C=O) groups excluding carboxylic acids is 3. The molecule has 0 fully saturated rings. The first-order valence-corrected chi connectivity index (χ1v) is 29.4.